The molecule has 2 rings (SSSR count). The van der Waals surface area contributed by atoms with Crippen molar-refractivity contribution in [3.8, 4) is 0 Å². The molecule has 0 unspecified atom stereocenters. The van der Waals surface area contributed by atoms with Crippen LogP contribution in [0.2, 0.25) is 0 Å². The average molecular weight is 294 g/mol. The summed E-state index contributed by atoms with van der Waals surface area (Å²) >= 11 is 0. The van der Waals surface area contributed by atoms with Crippen LogP contribution < -0.4 is 5.32 Å². The minimum absolute atomic E-state index is 0.212. The van der Waals surface area contributed by atoms with Gasteiger partial charge in [0.25, 0.3) is 0 Å². The van der Waals surface area contributed by atoms with Crippen molar-refractivity contribution < 1.29 is 12.8 Å². The van der Waals surface area contributed by atoms with Crippen LogP contribution in [0.1, 0.15) is 11.3 Å². The van der Waals surface area contributed by atoms with Crippen molar-refractivity contribution in [3.63, 3.8) is 0 Å². The molecule has 1 aromatic carbocycles. The van der Waals surface area contributed by atoms with Gasteiger partial charge in [-0.3, -0.25) is 0 Å². The summed E-state index contributed by atoms with van der Waals surface area (Å²) in [6.45, 7) is 0.715. The summed E-state index contributed by atoms with van der Waals surface area (Å²) in [6, 6.07) is 10.5. The third-order valence-electron chi connectivity index (χ3n) is 2.99. The minimum atomic E-state index is -3.53. The molecule has 0 radical (unpaired) electrons. The van der Waals surface area contributed by atoms with Crippen LogP contribution in [0.25, 0.3) is 0 Å². The maximum Gasteiger partial charge on any atom is 0.243 e. The van der Waals surface area contributed by atoms with Gasteiger partial charge in [0.05, 0.1) is 17.7 Å². The number of hydrogen-bond acceptors (Lipinski definition) is 4. The molecule has 1 aromatic heterocycles. The van der Waals surface area contributed by atoms with Crippen LogP contribution >= 0.6 is 0 Å². The van der Waals surface area contributed by atoms with E-state index in [0.29, 0.717) is 17.2 Å². The Labute approximate surface area is 119 Å². The fraction of sp³-hybridized carbons (Fsp3) is 0.286. The van der Waals surface area contributed by atoms with Crippen LogP contribution in [-0.4, -0.2) is 26.8 Å². The molecule has 0 bridgehead atoms. The number of sulfonamides is 1. The normalized spacial score (nSPS) is 11.9. The van der Waals surface area contributed by atoms with Gasteiger partial charge in [-0.2, -0.15) is 4.31 Å². The van der Waals surface area contributed by atoms with E-state index in [9.17, 15) is 8.42 Å². The fourth-order valence-corrected chi connectivity index (χ4v) is 3.32. The highest BCUT2D eigenvalue weighted by Gasteiger charge is 2.24. The van der Waals surface area contributed by atoms with Gasteiger partial charge in [-0.25, -0.2) is 8.42 Å². The zero-order valence-corrected chi connectivity index (χ0v) is 12.4. The molecule has 0 aliphatic rings. The molecule has 1 N–H and O–H groups in total. The summed E-state index contributed by atoms with van der Waals surface area (Å²) in [5.41, 5.74) is 0.751. The molecule has 0 spiro atoms. The topological polar surface area (TPSA) is 62.6 Å². The van der Waals surface area contributed by atoms with Crippen molar-refractivity contribution >= 4 is 10.0 Å². The van der Waals surface area contributed by atoms with Crippen LogP contribution in [0.3, 0.4) is 0 Å². The van der Waals surface area contributed by atoms with E-state index in [1.165, 1.54) is 10.6 Å². The summed E-state index contributed by atoms with van der Waals surface area (Å²) < 4.78 is 31.7. The SMILES string of the molecule is CNCc1ccccc1S(=O)(=O)N(C)Cc1ccco1. The van der Waals surface area contributed by atoms with Crippen LogP contribution in [0.15, 0.2) is 52.0 Å². The second-order valence-electron chi connectivity index (χ2n) is 4.48. The van der Waals surface area contributed by atoms with Gasteiger partial charge in [0.2, 0.25) is 10.0 Å². The minimum Gasteiger partial charge on any atom is -0.468 e. The molecule has 0 saturated heterocycles. The Morgan fingerprint density at radius 2 is 1.95 bits per heavy atom. The predicted molar refractivity (Wildman–Crippen MR) is 76.6 cm³/mol. The van der Waals surface area contributed by atoms with Gasteiger partial charge in [0.15, 0.2) is 0 Å². The summed E-state index contributed by atoms with van der Waals surface area (Å²) in [5, 5.41) is 2.98. The molecule has 0 saturated carbocycles. The molecular weight excluding hydrogens is 276 g/mol. The lowest BCUT2D eigenvalue weighted by atomic mass is 10.2. The van der Waals surface area contributed by atoms with Gasteiger partial charge in [-0.1, -0.05) is 18.2 Å². The number of furan rings is 1. The van der Waals surface area contributed by atoms with Gasteiger partial charge in [0.1, 0.15) is 5.76 Å². The molecule has 108 valence electrons. The standard InChI is InChI=1S/C14H18N2O3S/c1-15-10-12-6-3-4-8-14(12)20(17,18)16(2)11-13-7-5-9-19-13/h3-9,15H,10-11H2,1-2H3. The zero-order chi connectivity index (χ0) is 14.6. The van der Waals surface area contributed by atoms with Crippen LogP contribution in [0.4, 0.5) is 0 Å². The van der Waals surface area contributed by atoms with Crippen LogP contribution in [0, 0.1) is 0 Å². The van der Waals surface area contributed by atoms with E-state index in [4.69, 9.17) is 4.42 Å². The van der Waals surface area contributed by atoms with E-state index in [2.05, 4.69) is 5.32 Å². The smallest absolute Gasteiger partial charge is 0.243 e. The first-order valence-corrected chi connectivity index (χ1v) is 7.71. The van der Waals surface area contributed by atoms with Crippen molar-refractivity contribution in [1.82, 2.24) is 9.62 Å². The number of hydrogen-bond donors (Lipinski definition) is 1. The first-order valence-electron chi connectivity index (χ1n) is 6.27. The lowest BCUT2D eigenvalue weighted by Crippen LogP contribution is -2.27. The Bertz CT molecular complexity index is 651. The van der Waals surface area contributed by atoms with E-state index < -0.39 is 10.0 Å². The maximum atomic E-state index is 12.6. The van der Waals surface area contributed by atoms with Gasteiger partial charge >= 0.3 is 0 Å². The first-order chi connectivity index (χ1) is 9.55. The average Bonchev–Trinajstić information content (AvgIpc) is 2.92. The molecule has 2 aromatic rings. The van der Waals surface area contributed by atoms with Crippen molar-refractivity contribution in [2.45, 2.75) is 18.0 Å². The van der Waals surface area contributed by atoms with Crippen molar-refractivity contribution in [2.75, 3.05) is 14.1 Å². The van der Waals surface area contributed by atoms with Crippen LogP contribution in [0.5, 0.6) is 0 Å². The van der Waals surface area contributed by atoms with E-state index in [0.717, 1.165) is 5.56 Å². The second-order valence-corrected chi connectivity index (χ2v) is 6.49. The fourth-order valence-electron chi connectivity index (χ4n) is 1.97. The van der Waals surface area contributed by atoms with Gasteiger partial charge in [0, 0.05) is 13.6 Å². The Morgan fingerprint density at radius 1 is 1.20 bits per heavy atom. The molecule has 0 fully saturated rings. The van der Waals surface area contributed by atoms with E-state index >= 15 is 0 Å². The number of rotatable bonds is 6. The van der Waals surface area contributed by atoms with E-state index in [1.54, 1.807) is 38.4 Å². The Hall–Kier alpha value is -1.63. The third-order valence-corrected chi connectivity index (χ3v) is 4.89. The number of benzene rings is 1. The van der Waals surface area contributed by atoms with Crippen molar-refractivity contribution in [3.05, 3.63) is 54.0 Å². The summed E-state index contributed by atoms with van der Waals surface area (Å²) in [7, 11) is -0.197. The molecule has 0 aliphatic carbocycles. The van der Waals surface area contributed by atoms with Gasteiger partial charge in [-0.05, 0) is 30.8 Å². The molecule has 0 amide bonds. The van der Waals surface area contributed by atoms with E-state index in [1.807, 2.05) is 12.1 Å². The van der Waals surface area contributed by atoms with Crippen molar-refractivity contribution in [1.29, 1.82) is 0 Å². The summed E-state index contributed by atoms with van der Waals surface area (Å²) in [4.78, 5) is 0.323. The number of nitrogens with one attached hydrogen (secondary N) is 1. The lowest BCUT2D eigenvalue weighted by molar-refractivity contribution is 0.406. The predicted octanol–water partition coefficient (Wildman–Crippen LogP) is 1.82. The third kappa shape index (κ3) is 3.09. The monoisotopic (exact) mass is 294 g/mol. The summed E-state index contributed by atoms with van der Waals surface area (Å²) in [5.74, 6) is 0.613. The van der Waals surface area contributed by atoms with E-state index in [-0.39, 0.29) is 6.54 Å². The van der Waals surface area contributed by atoms with Crippen molar-refractivity contribution in [2.24, 2.45) is 0 Å². The molecule has 1 heterocycles. The Balaban J connectivity index is 2.30. The number of nitrogens with zero attached hydrogens (tertiary/aromatic N) is 1. The summed E-state index contributed by atoms with van der Waals surface area (Å²) in [6.07, 6.45) is 1.53. The molecule has 0 atom stereocenters. The molecular formula is C14H18N2O3S. The quantitative estimate of drug-likeness (QED) is 0.882. The van der Waals surface area contributed by atoms with Crippen LogP contribution in [-0.2, 0) is 23.1 Å². The Morgan fingerprint density at radius 3 is 2.60 bits per heavy atom. The Kier molecular flexibility index (Phi) is 4.59. The van der Waals surface area contributed by atoms with Gasteiger partial charge in [-0.15, -0.1) is 0 Å². The second kappa shape index (κ2) is 6.21. The highest BCUT2D eigenvalue weighted by atomic mass is 32.2. The van der Waals surface area contributed by atoms with Gasteiger partial charge < -0.3 is 9.73 Å². The highest BCUT2D eigenvalue weighted by Crippen LogP contribution is 2.20. The molecule has 20 heavy (non-hydrogen) atoms. The zero-order valence-electron chi connectivity index (χ0n) is 11.5. The largest absolute Gasteiger partial charge is 0.468 e. The molecule has 5 nitrogen and oxygen atoms in total. The molecule has 6 heteroatoms. The highest BCUT2D eigenvalue weighted by molar-refractivity contribution is 7.89. The molecule has 0 aliphatic heterocycles. The maximum absolute atomic E-state index is 12.6. The first kappa shape index (κ1) is 14.8. The lowest BCUT2D eigenvalue weighted by Gasteiger charge is -2.18.